The van der Waals surface area contributed by atoms with Gasteiger partial charge in [0.05, 0.1) is 11.0 Å². The highest BCUT2D eigenvalue weighted by atomic mass is 19.1. The maximum atomic E-state index is 13.3. The number of nitrogens with zero attached hydrogens (tertiary/aromatic N) is 1. The smallest absolute Gasteiger partial charge is 0.272 e. The monoisotopic (exact) mass is 226 g/mol. The summed E-state index contributed by atoms with van der Waals surface area (Å²) in [6.45, 7) is 0. The normalized spacial score (nSPS) is 10.1. The molecule has 0 saturated heterocycles. The van der Waals surface area contributed by atoms with E-state index in [0.29, 0.717) is 18.4 Å². The molecule has 6 heteroatoms. The van der Waals surface area contributed by atoms with Crippen LogP contribution in [0.1, 0.15) is 18.4 Å². The van der Waals surface area contributed by atoms with E-state index >= 15 is 0 Å². The molecule has 1 amide bonds. The van der Waals surface area contributed by atoms with E-state index in [4.69, 9.17) is 5.73 Å². The lowest BCUT2D eigenvalue weighted by molar-refractivity contribution is -0.385. The fraction of sp³-hybridized carbons (Fsp3) is 0.300. The van der Waals surface area contributed by atoms with Crippen LogP contribution in [0.25, 0.3) is 0 Å². The number of nitrogens with two attached hydrogens (primary N) is 1. The van der Waals surface area contributed by atoms with Crippen LogP contribution >= 0.6 is 0 Å². The van der Waals surface area contributed by atoms with Gasteiger partial charge in [-0.15, -0.1) is 0 Å². The number of primary amides is 1. The molecule has 0 radical (unpaired) electrons. The molecule has 0 spiro atoms. The molecular weight excluding hydrogens is 215 g/mol. The first-order chi connectivity index (χ1) is 7.50. The Hall–Kier alpha value is -1.98. The van der Waals surface area contributed by atoms with E-state index in [1.807, 2.05) is 0 Å². The topological polar surface area (TPSA) is 86.2 Å². The lowest BCUT2D eigenvalue weighted by Gasteiger charge is -2.01. The van der Waals surface area contributed by atoms with Crippen LogP contribution in [0.2, 0.25) is 0 Å². The van der Waals surface area contributed by atoms with Gasteiger partial charge >= 0.3 is 0 Å². The number of hydrogen-bond donors (Lipinski definition) is 1. The van der Waals surface area contributed by atoms with Crippen LogP contribution in [0.5, 0.6) is 0 Å². The molecular formula is C10H11FN2O3. The zero-order valence-corrected chi connectivity index (χ0v) is 8.48. The van der Waals surface area contributed by atoms with Gasteiger partial charge in [-0.3, -0.25) is 14.9 Å². The van der Waals surface area contributed by atoms with E-state index < -0.39 is 16.6 Å². The number of non-ortho nitro benzene ring substituents is 1. The van der Waals surface area contributed by atoms with Crippen molar-refractivity contribution in [2.45, 2.75) is 19.3 Å². The van der Waals surface area contributed by atoms with Crippen LogP contribution in [-0.2, 0) is 11.2 Å². The average Bonchev–Trinajstić information content (AvgIpc) is 2.19. The van der Waals surface area contributed by atoms with Crippen LogP contribution in [0.4, 0.5) is 10.1 Å². The Morgan fingerprint density at radius 1 is 1.50 bits per heavy atom. The largest absolute Gasteiger partial charge is 0.370 e. The molecule has 0 saturated carbocycles. The highest BCUT2D eigenvalue weighted by molar-refractivity contribution is 5.73. The number of carbonyl (C=O) groups is 1. The Balaban J connectivity index is 2.68. The summed E-state index contributed by atoms with van der Waals surface area (Å²) in [6.07, 6.45) is 0.952. The summed E-state index contributed by atoms with van der Waals surface area (Å²) in [5.74, 6) is -1.07. The standard InChI is InChI=1S/C10H11FN2O3/c11-9-6-8(13(15)16)5-4-7(9)2-1-3-10(12)14/h4-6H,1-3H2,(H2,12,14). The SMILES string of the molecule is NC(=O)CCCc1ccc([N+](=O)[O-])cc1F. The second-order valence-corrected chi connectivity index (χ2v) is 3.35. The van der Waals surface area contributed by atoms with E-state index in [2.05, 4.69) is 0 Å². The molecule has 0 fully saturated rings. The van der Waals surface area contributed by atoms with Crippen LogP contribution in [0, 0.1) is 15.9 Å². The van der Waals surface area contributed by atoms with E-state index in [9.17, 15) is 19.3 Å². The van der Waals surface area contributed by atoms with Gasteiger partial charge in [0.1, 0.15) is 5.82 Å². The highest BCUT2D eigenvalue weighted by Crippen LogP contribution is 2.17. The fourth-order valence-corrected chi connectivity index (χ4v) is 1.31. The predicted molar refractivity (Wildman–Crippen MR) is 55.2 cm³/mol. The third-order valence-electron chi connectivity index (χ3n) is 2.12. The molecule has 0 bridgehead atoms. The molecule has 0 aromatic heterocycles. The lowest BCUT2D eigenvalue weighted by atomic mass is 10.1. The quantitative estimate of drug-likeness (QED) is 0.610. The summed E-state index contributed by atoms with van der Waals surface area (Å²) < 4.78 is 13.3. The van der Waals surface area contributed by atoms with E-state index in [1.54, 1.807) is 0 Å². The maximum Gasteiger partial charge on any atom is 0.272 e. The van der Waals surface area contributed by atoms with Gasteiger partial charge in [0.2, 0.25) is 5.91 Å². The van der Waals surface area contributed by atoms with E-state index in [1.165, 1.54) is 12.1 Å². The molecule has 0 atom stereocenters. The molecule has 0 aliphatic rings. The van der Waals surface area contributed by atoms with Crippen molar-refractivity contribution in [1.82, 2.24) is 0 Å². The van der Waals surface area contributed by atoms with E-state index in [-0.39, 0.29) is 12.1 Å². The van der Waals surface area contributed by atoms with Crippen molar-refractivity contribution < 1.29 is 14.1 Å². The number of halogens is 1. The van der Waals surface area contributed by atoms with Crippen LogP contribution < -0.4 is 5.73 Å². The van der Waals surface area contributed by atoms with Crippen molar-refractivity contribution >= 4 is 11.6 Å². The molecule has 1 rings (SSSR count). The van der Waals surface area contributed by atoms with Gasteiger partial charge in [-0.2, -0.15) is 0 Å². The number of hydrogen-bond acceptors (Lipinski definition) is 3. The van der Waals surface area contributed by atoms with Gasteiger partial charge in [-0.05, 0) is 24.5 Å². The minimum atomic E-state index is -0.656. The molecule has 1 aromatic carbocycles. The summed E-state index contributed by atoms with van der Waals surface area (Å²) in [5.41, 5.74) is 5.01. The van der Waals surface area contributed by atoms with Gasteiger partial charge < -0.3 is 5.73 Å². The number of aryl methyl sites for hydroxylation is 1. The summed E-state index contributed by atoms with van der Waals surface area (Å²) in [4.78, 5) is 20.1. The van der Waals surface area contributed by atoms with Crippen molar-refractivity contribution in [2.24, 2.45) is 5.73 Å². The maximum absolute atomic E-state index is 13.3. The minimum Gasteiger partial charge on any atom is -0.370 e. The molecule has 0 heterocycles. The first kappa shape index (κ1) is 12.1. The second kappa shape index (κ2) is 5.20. The zero-order valence-electron chi connectivity index (χ0n) is 8.48. The third-order valence-corrected chi connectivity index (χ3v) is 2.12. The lowest BCUT2D eigenvalue weighted by Crippen LogP contribution is -2.10. The molecule has 0 unspecified atom stereocenters. The van der Waals surface area contributed by atoms with Crippen LogP contribution in [-0.4, -0.2) is 10.8 Å². The summed E-state index contributed by atoms with van der Waals surface area (Å²) in [5, 5.41) is 10.3. The minimum absolute atomic E-state index is 0.177. The average molecular weight is 226 g/mol. The molecule has 0 aliphatic carbocycles. The van der Waals surface area contributed by atoms with E-state index in [0.717, 1.165) is 6.07 Å². The van der Waals surface area contributed by atoms with Gasteiger partial charge in [0.15, 0.2) is 0 Å². The Bertz CT molecular complexity index is 421. The fourth-order valence-electron chi connectivity index (χ4n) is 1.31. The van der Waals surface area contributed by atoms with Crippen molar-refractivity contribution in [3.05, 3.63) is 39.7 Å². The number of rotatable bonds is 5. The summed E-state index contributed by atoms with van der Waals surface area (Å²) >= 11 is 0. The Morgan fingerprint density at radius 3 is 2.69 bits per heavy atom. The molecule has 86 valence electrons. The predicted octanol–water partition coefficient (Wildman–Crippen LogP) is 1.54. The Kier molecular flexibility index (Phi) is 3.93. The zero-order chi connectivity index (χ0) is 12.1. The van der Waals surface area contributed by atoms with Gasteiger partial charge in [0.25, 0.3) is 5.69 Å². The Morgan fingerprint density at radius 2 is 2.19 bits per heavy atom. The second-order valence-electron chi connectivity index (χ2n) is 3.35. The highest BCUT2D eigenvalue weighted by Gasteiger charge is 2.10. The number of nitro benzene ring substituents is 1. The van der Waals surface area contributed by atoms with Crippen molar-refractivity contribution in [3.63, 3.8) is 0 Å². The number of benzene rings is 1. The summed E-state index contributed by atoms with van der Waals surface area (Å²) in [7, 11) is 0. The Labute approximate surface area is 91.2 Å². The summed E-state index contributed by atoms with van der Waals surface area (Å²) in [6, 6.07) is 3.47. The third kappa shape index (κ3) is 3.30. The molecule has 0 aliphatic heterocycles. The van der Waals surface area contributed by atoms with Gasteiger partial charge in [0, 0.05) is 12.5 Å². The van der Waals surface area contributed by atoms with Crippen molar-refractivity contribution in [3.8, 4) is 0 Å². The molecule has 1 aromatic rings. The number of nitro groups is 1. The number of carbonyl (C=O) groups excluding carboxylic acids is 1. The first-order valence-corrected chi connectivity index (χ1v) is 4.72. The molecule has 2 N–H and O–H groups in total. The van der Waals surface area contributed by atoms with Crippen molar-refractivity contribution in [1.29, 1.82) is 0 Å². The van der Waals surface area contributed by atoms with Gasteiger partial charge in [-0.25, -0.2) is 4.39 Å². The number of amides is 1. The van der Waals surface area contributed by atoms with Crippen molar-refractivity contribution in [2.75, 3.05) is 0 Å². The molecule has 16 heavy (non-hydrogen) atoms. The van der Waals surface area contributed by atoms with Crippen LogP contribution in [0.15, 0.2) is 18.2 Å². The first-order valence-electron chi connectivity index (χ1n) is 4.72. The van der Waals surface area contributed by atoms with Gasteiger partial charge in [-0.1, -0.05) is 0 Å². The molecule has 5 nitrogen and oxygen atoms in total. The van der Waals surface area contributed by atoms with Crippen LogP contribution in [0.3, 0.4) is 0 Å².